The molecule has 1 N–H and O–H groups in total. The molecular formula is C23H38N4O3S. The number of nitrogens with one attached hydrogen (secondary N) is 1. The maximum absolute atomic E-state index is 13.6. The van der Waals surface area contributed by atoms with Crippen LogP contribution in [0.1, 0.15) is 45.1 Å². The van der Waals surface area contributed by atoms with Crippen molar-refractivity contribution in [2.45, 2.75) is 63.4 Å². The van der Waals surface area contributed by atoms with E-state index in [0.717, 1.165) is 31.5 Å². The summed E-state index contributed by atoms with van der Waals surface area (Å²) in [6.45, 7) is 10.5. The normalized spacial score (nSPS) is 23.3. The van der Waals surface area contributed by atoms with Gasteiger partial charge in [0.15, 0.2) is 0 Å². The highest BCUT2D eigenvalue weighted by molar-refractivity contribution is 7.89. The summed E-state index contributed by atoms with van der Waals surface area (Å²) in [7, 11) is -3.67. The first kappa shape index (κ1) is 24.2. The lowest BCUT2D eigenvalue weighted by molar-refractivity contribution is -0.131. The van der Waals surface area contributed by atoms with E-state index in [4.69, 9.17) is 0 Å². The number of likely N-dealkylation sites (tertiary alicyclic amines) is 1. The smallest absolute Gasteiger partial charge is 0.243 e. The Kier molecular flexibility index (Phi) is 8.50. The topological polar surface area (TPSA) is 73.0 Å². The lowest BCUT2D eigenvalue weighted by atomic mass is 9.98. The van der Waals surface area contributed by atoms with Crippen molar-refractivity contribution in [3.63, 3.8) is 0 Å². The maximum Gasteiger partial charge on any atom is 0.243 e. The van der Waals surface area contributed by atoms with Gasteiger partial charge in [-0.1, -0.05) is 24.6 Å². The Morgan fingerprint density at radius 1 is 1.10 bits per heavy atom. The van der Waals surface area contributed by atoms with Gasteiger partial charge in [0.05, 0.1) is 4.90 Å². The molecule has 2 aliphatic rings. The minimum absolute atomic E-state index is 0.0335. The van der Waals surface area contributed by atoms with Crippen LogP contribution in [0.4, 0.5) is 0 Å². The zero-order valence-corrected chi connectivity index (χ0v) is 20.0. The number of aryl methyl sites for hydroxylation is 1. The second kappa shape index (κ2) is 10.9. The largest absolute Gasteiger partial charge is 0.340 e. The van der Waals surface area contributed by atoms with E-state index in [1.54, 1.807) is 12.1 Å². The van der Waals surface area contributed by atoms with E-state index in [1.165, 1.54) is 10.7 Å². The Morgan fingerprint density at radius 2 is 1.74 bits per heavy atom. The zero-order valence-electron chi connectivity index (χ0n) is 19.2. The quantitative estimate of drug-likeness (QED) is 0.656. The molecule has 3 rings (SSSR count). The van der Waals surface area contributed by atoms with Gasteiger partial charge >= 0.3 is 0 Å². The highest BCUT2D eigenvalue weighted by atomic mass is 32.2. The molecule has 2 saturated heterocycles. The minimum Gasteiger partial charge on any atom is -0.340 e. The van der Waals surface area contributed by atoms with Crippen molar-refractivity contribution in [3.8, 4) is 0 Å². The van der Waals surface area contributed by atoms with Gasteiger partial charge in [0.1, 0.15) is 0 Å². The lowest BCUT2D eigenvalue weighted by Gasteiger charge is -2.40. The van der Waals surface area contributed by atoms with Crippen molar-refractivity contribution < 1.29 is 13.2 Å². The molecule has 2 atom stereocenters. The Morgan fingerprint density at radius 3 is 2.39 bits per heavy atom. The van der Waals surface area contributed by atoms with E-state index < -0.39 is 10.0 Å². The highest BCUT2D eigenvalue weighted by Gasteiger charge is 2.30. The van der Waals surface area contributed by atoms with E-state index in [-0.39, 0.29) is 18.9 Å². The van der Waals surface area contributed by atoms with E-state index in [0.29, 0.717) is 43.2 Å². The van der Waals surface area contributed by atoms with Gasteiger partial charge in [0.2, 0.25) is 15.9 Å². The third-order valence-electron chi connectivity index (χ3n) is 6.74. The summed E-state index contributed by atoms with van der Waals surface area (Å²) in [6, 6.07) is 8.01. The number of piperidine rings is 1. The summed E-state index contributed by atoms with van der Waals surface area (Å²) in [5.41, 5.74) is 0.737. The van der Waals surface area contributed by atoms with E-state index >= 15 is 0 Å². The molecule has 1 amide bonds. The Labute approximate surface area is 187 Å². The van der Waals surface area contributed by atoms with Crippen LogP contribution in [-0.2, 0) is 14.8 Å². The minimum atomic E-state index is -3.67. The lowest BCUT2D eigenvalue weighted by Crippen LogP contribution is -2.49. The molecule has 31 heavy (non-hydrogen) atoms. The van der Waals surface area contributed by atoms with Gasteiger partial charge in [0.25, 0.3) is 0 Å². The third-order valence-corrected chi connectivity index (χ3v) is 8.80. The number of carbonyl (C=O) groups excluding carboxylic acids is 1. The molecule has 1 aromatic rings. The van der Waals surface area contributed by atoms with Gasteiger partial charge in [-0.3, -0.25) is 9.69 Å². The molecular weight excluding hydrogens is 412 g/mol. The van der Waals surface area contributed by atoms with Crippen LogP contribution in [0, 0.1) is 6.92 Å². The molecule has 0 spiro atoms. The summed E-state index contributed by atoms with van der Waals surface area (Å²) in [6.07, 6.45) is 3.74. The summed E-state index contributed by atoms with van der Waals surface area (Å²) < 4.78 is 28.6. The molecule has 1 aromatic carbocycles. The number of hydrogen-bond donors (Lipinski definition) is 1. The molecule has 174 valence electrons. The predicted octanol–water partition coefficient (Wildman–Crippen LogP) is 2.07. The molecule has 7 nitrogen and oxygen atoms in total. The van der Waals surface area contributed by atoms with Crippen LogP contribution < -0.4 is 5.32 Å². The first-order valence-corrected chi connectivity index (χ1v) is 13.0. The summed E-state index contributed by atoms with van der Waals surface area (Å²) in [4.78, 5) is 17.3. The van der Waals surface area contributed by atoms with Crippen LogP contribution >= 0.6 is 0 Å². The second-order valence-electron chi connectivity index (χ2n) is 8.92. The monoisotopic (exact) mass is 450 g/mol. The fourth-order valence-electron chi connectivity index (χ4n) is 4.77. The van der Waals surface area contributed by atoms with E-state index in [9.17, 15) is 13.2 Å². The van der Waals surface area contributed by atoms with Crippen LogP contribution in [0.5, 0.6) is 0 Å². The molecule has 0 aromatic heterocycles. The van der Waals surface area contributed by atoms with Crippen LogP contribution in [-0.4, -0.2) is 86.3 Å². The van der Waals surface area contributed by atoms with Crippen molar-refractivity contribution in [3.05, 3.63) is 29.8 Å². The summed E-state index contributed by atoms with van der Waals surface area (Å²) in [5, 5.41) is 3.25. The number of amides is 1. The van der Waals surface area contributed by atoms with Crippen LogP contribution in [0.3, 0.4) is 0 Å². The first-order chi connectivity index (χ1) is 14.8. The summed E-state index contributed by atoms with van der Waals surface area (Å²) in [5.74, 6) is 0.0335. The van der Waals surface area contributed by atoms with Gasteiger partial charge in [0, 0.05) is 64.3 Å². The molecule has 2 aliphatic heterocycles. The second-order valence-corrected chi connectivity index (χ2v) is 10.8. The maximum atomic E-state index is 13.6. The fourth-order valence-corrected chi connectivity index (χ4v) is 6.43. The molecule has 0 radical (unpaired) electrons. The van der Waals surface area contributed by atoms with Gasteiger partial charge in [-0.15, -0.1) is 0 Å². The predicted molar refractivity (Wildman–Crippen MR) is 123 cm³/mol. The van der Waals surface area contributed by atoms with Gasteiger partial charge < -0.3 is 10.2 Å². The molecule has 2 fully saturated rings. The number of carbonyl (C=O) groups is 1. The molecule has 0 saturated carbocycles. The number of sulfonamides is 1. The molecule has 2 heterocycles. The number of benzene rings is 1. The van der Waals surface area contributed by atoms with Gasteiger partial charge in [-0.05, 0) is 45.2 Å². The van der Waals surface area contributed by atoms with Crippen molar-refractivity contribution in [1.82, 2.24) is 19.4 Å². The third kappa shape index (κ3) is 6.06. The first-order valence-electron chi connectivity index (χ1n) is 11.6. The number of rotatable bonds is 8. The Balaban J connectivity index is 1.74. The van der Waals surface area contributed by atoms with Crippen LogP contribution in [0.25, 0.3) is 0 Å². The van der Waals surface area contributed by atoms with Gasteiger partial charge in [-0.2, -0.15) is 4.31 Å². The highest BCUT2D eigenvalue weighted by Crippen LogP contribution is 2.24. The van der Waals surface area contributed by atoms with Crippen molar-refractivity contribution in [2.24, 2.45) is 0 Å². The van der Waals surface area contributed by atoms with Crippen molar-refractivity contribution in [2.75, 3.05) is 45.8 Å². The SMILES string of the molecule is Cc1ccccc1S(=O)(=O)N(CCC(=O)N1CCNCC1)CCN1C(C)CCCC1C. The summed E-state index contributed by atoms with van der Waals surface area (Å²) >= 11 is 0. The van der Waals surface area contributed by atoms with E-state index in [2.05, 4.69) is 24.1 Å². The van der Waals surface area contributed by atoms with E-state index in [1.807, 2.05) is 24.0 Å². The van der Waals surface area contributed by atoms with Crippen molar-refractivity contribution >= 4 is 15.9 Å². The fraction of sp³-hybridized carbons (Fsp3) is 0.696. The van der Waals surface area contributed by atoms with Crippen LogP contribution in [0.2, 0.25) is 0 Å². The van der Waals surface area contributed by atoms with Crippen molar-refractivity contribution in [1.29, 1.82) is 0 Å². The van der Waals surface area contributed by atoms with Crippen LogP contribution in [0.15, 0.2) is 29.2 Å². The number of hydrogen-bond acceptors (Lipinski definition) is 5. The Bertz CT molecular complexity index is 829. The molecule has 0 aliphatic carbocycles. The zero-order chi connectivity index (χ0) is 22.4. The average Bonchev–Trinajstić information content (AvgIpc) is 2.75. The number of nitrogens with zero attached hydrogens (tertiary/aromatic N) is 3. The molecule has 0 bridgehead atoms. The standard InChI is InChI=1S/C23H38N4O3S/c1-19-7-4-5-10-22(19)31(29,30)26(14-11-23(28)25-15-12-24-13-16-25)17-18-27-20(2)8-6-9-21(27)3/h4-5,7,10,20-21,24H,6,8-9,11-18H2,1-3H3. The average molecular weight is 451 g/mol. The van der Waals surface area contributed by atoms with Gasteiger partial charge in [-0.25, -0.2) is 8.42 Å². The Hall–Kier alpha value is -1.48. The molecule has 2 unspecified atom stereocenters. The number of piperazine rings is 1. The molecule has 8 heteroatoms.